The molecule has 0 aliphatic carbocycles. The molecule has 6 nitrogen and oxygen atoms in total. The number of fused-ring (bicyclic) bond motifs is 6. The van der Waals surface area contributed by atoms with Crippen LogP contribution in [0, 0.1) is 0 Å². The Labute approximate surface area is 225 Å². The first-order valence-corrected chi connectivity index (χ1v) is 13.0. The maximum absolute atomic E-state index is 14.1. The molecule has 0 fully saturated rings. The van der Waals surface area contributed by atoms with Crippen molar-refractivity contribution in [3.8, 4) is 39.6 Å². The average molecular weight is 517 g/mol. The number of aromatic nitrogens is 1. The van der Waals surface area contributed by atoms with Gasteiger partial charge in [-0.15, -0.1) is 0 Å². The molecule has 0 atom stereocenters. The molecular formula is C33H26NO5+. The molecular weight excluding hydrogens is 490 g/mol. The van der Waals surface area contributed by atoms with Gasteiger partial charge >= 0.3 is 0 Å². The minimum atomic E-state index is -0.102. The summed E-state index contributed by atoms with van der Waals surface area (Å²) in [5, 5.41) is 11.7. The molecule has 192 valence electrons. The molecule has 1 aromatic heterocycles. The van der Waals surface area contributed by atoms with Crippen molar-refractivity contribution in [3.63, 3.8) is 0 Å². The lowest BCUT2D eigenvalue weighted by Crippen LogP contribution is -2.40. The number of pyridine rings is 1. The van der Waals surface area contributed by atoms with Gasteiger partial charge in [-0.25, -0.2) is 0 Å². The maximum atomic E-state index is 14.1. The fourth-order valence-corrected chi connectivity index (χ4v) is 5.79. The number of aliphatic hydroxyl groups excluding tert-OH is 1. The Morgan fingerprint density at radius 2 is 1.77 bits per heavy atom. The largest absolute Gasteiger partial charge is 0.495 e. The molecule has 4 aromatic carbocycles. The molecule has 0 unspecified atom stereocenters. The molecule has 1 N–H and O–H groups in total. The lowest BCUT2D eigenvalue weighted by atomic mass is 9.87. The standard InChI is InChI=1S/C33H26NO5/c1-37-32-24(18-35)12-11-23-15-28-30-25(13-14-34(28)17-27(23)32)33-29(38-19-39-33)16-26(30)31(36)22-9-7-21(8-10-22)20-5-3-2-4-6-20/h2-12,15-17,35H,13-14,18-19H2,1H3/q+1. The minimum Gasteiger partial charge on any atom is -0.495 e. The van der Waals surface area contributed by atoms with E-state index >= 15 is 0 Å². The Morgan fingerprint density at radius 3 is 2.54 bits per heavy atom. The SMILES string of the molecule is COc1c(CO)ccc2cc3[n+](cc12)CCc1c2c(cc(C(=O)c4ccc(-c5ccccc5)cc4)c1-3)OCO2. The smallest absolute Gasteiger partial charge is 0.231 e. The third-order valence-electron chi connectivity index (χ3n) is 7.69. The number of methoxy groups -OCH3 is 1. The van der Waals surface area contributed by atoms with Gasteiger partial charge in [0.25, 0.3) is 0 Å². The Kier molecular flexibility index (Phi) is 5.56. The normalized spacial score (nSPS) is 13.2. The summed E-state index contributed by atoms with van der Waals surface area (Å²) in [6, 6.07) is 25.6. The topological polar surface area (TPSA) is 68.9 Å². The fourth-order valence-electron chi connectivity index (χ4n) is 5.79. The lowest BCUT2D eigenvalue weighted by Gasteiger charge is -2.20. The number of aliphatic hydroxyl groups is 1. The minimum absolute atomic E-state index is 0.0640. The van der Waals surface area contributed by atoms with Crippen LogP contribution >= 0.6 is 0 Å². The molecule has 2 aliphatic heterocycles. The molecule has 7 rings (SSSR count). The van der Waals surface area contributed by atoms with Crippen LogP contribution in [-0.4, -0.2) is 24.8 Å². The second-order valence-corrected chi connectivity index (χ2v) is 9.80. The number of carbonyl (C=O) groups excluding carboxylic acids is 1. The maximum Gasteiger partial charge on any atom is 0.231 e. The summed E-state index contributed by atoms with van der Waals surface area (Å²) < 4.78 is 19.5. The van der Waals surface area contributed by atoms with Gasteiger partial charge in [-0.2, -0.15) is 4.57 Å². The molecule has 0 saturated carbocycles. The van der Waals surface area contributed by atoms with Crippen molar-refractivity contribution in [3.05, 3.63) is 107 Å². The molecule has 39 heavy (non-hydrogen) atoms. The zero-order valence-electron chi connectivity index (χ0n) is 21.4. The van der Waals surface area contributed by atoms with Gasteiger partial charge in [-0.3, -0.25) is 4.79 Å². The molecule has 0 amide bonds. The van der Waals surface area contributed by atoms with E-state index in [4.69, 9.17) is 14.2 Å². The van der Waals surface area contributed by atoms with Gasteiger partial charge in [0, 0.05) is 34.7 Å². The van der Waals surface area contributed by atoms with Gasteiger partial charge in [0.05, 0.1) is 24.7 Å². The van der Waals surface area contributed by atoms with E-state index in [1.165, 1.54) is 0 Å². The first-order valence-electron chi connectivity index (χ1n) is 13.0. The zero-order valence-corrected chi connectivity index (χ0v) is 21.4. The van der Waals surface area contributed by atoms with Crippen LogP contribution in [-0.2, 0) is 19.6 Å². The number of ether oxygens (including phenoxy) is 3. The Bertz CT molecular complexity index is 1760. The van der Waals surface area contributed by atoms with Gasteiger partial charge < -0.3 is 19.3 Å². The predicted molar refractivity (Wildman–Crippen MR) is 147 cm³/mol. The van der Waals surface area contributed by atoms with Crippen molar-refractivity contribution < 1.29 is 28.7 Å². The summed E-state index contributed by atoms with van der Waals surface area (Å²) in [5.74, 6) is 1.93. The van der Waals surface area contributed by atoms with E-state index in [0.29, 0.717) is 35.6 Å². The van der Waals surface area contributed by atoms with Crippen LogP contribution in [0.1, 0.15) is 27.0 Å². The molecule has 0 spiro atoms. The summed E-state index contributed by atoms with van der Waals surface area (Å²) in [6.07, 6.45) is 2.75. The quantitative estimate of drug-likeness (QED) is 0.248. The summed E-state index contributed by atoms with van der Waals surface area (Å²) in [7, 11) is 1.62. The van der Waals surface area contributed by atoms with E-state index in [-0.39, 0.29) is 19.2 Å². The van der Waals surface area contributed by atoms with Crippen molar-refractivity contribution >= 4 is 16.6 Å². The second-order valence-electron chi connectivity index (χ2n) is 9.80. The summed E-state index contributed by atoms with van der Waals surface area (Å²) in [5.41, 5.74) is 6.90. The van der Waals surface area contributed by atoms with Crippen molar-refractivity contribution in [2.24, 2.45) is 0 Å². The number of aryl methyl sites for hydroxylation is 1. The molecule has 6 heteroatoms. The number of hydrogen-bond donors (Lipinski definition) is 1. The van der Waals surface area contributed by atoms with E-state index in [2.05, 4.69) is 29.0 Å². The van der Waals surface area contributed by atoms with Crippen molar-refractivity contribution in [2.75, 3.05) is 13.9 Å². The van der Waals surface area contributed by atoms with Gasteiger partial charge in [0.1, 0.15) is 5.75 Å². The van der Waals surface area contributed by atoms with Crippen LogP contribution < -0.4 is 18.8 Å². The Morgan fingerprint density at radius 1 is 0.974 bits per heavy atom. The number of rotatable bonds is 5. The predicted octanol–water partition coefficient (Wildman–Crippen LogP) is 5.48. The Balaban J connectivity index is 1.39. The van der Waals surface area contributed by atoms with Crippen LogP contribution in [0.25, 0.3) is 33.2 Å². The highest BCUT2D eigenvalue weighted by Crippen LogP contribution is 2.46. The first-order chi connectivity index (χ1) is 19.2. The summed E-state index contributed by atoms with van der Waals surface area (Å²) in [4.78, 5) is 14.1. The van der Waals surface area contributed by atoms with Gasteiger partial charge in [-0.1, -0.05) is 66.7 Å². The van der Waals surface area contributed by atoms with E-state index in [9.17, 15) is 9.90 Å². The van der Waals surface area contributed by atoms with Crippen molar-refractivity contribution in [1.82, 2.24) is 0 Å². The molecule has 2 aliphatic rings. The highest BCUT2D eigenvalue weighted by molar-refractivity contribution is 6.14. The highest BCUT2D eigenvalue weighted by atomic mass is 16.7. The first kappa shape index (κ1) is 23.4. The van der Waals surface area contributed by atoms with E-state index in [0.717, 1.165) is 50.0 Å². The van der Waals surface area contributed by atoms with Crippen LogP contribution in [0.4, 0.5) is 0 Å². The average Bonchev–Trinajstić information content (AvgIpc) is 3.48. The number of nitrogens with zero attached hydrogens (tertiary/aromatic N) is 1. The number of carbonyl (C=O) groups is 1. The monoisotopic (exact) mass is 516 g/mol. The van der Waals surface area contributed by atoms with Crippen LogP contribution in [0.5, 0.6) is 17.2 Å². The zero-order chi connectivity index (χ0) is 26.5. The van der Waals surface area contributed by atoms with Gasteiger partial charge in [0.15, 0.2) is 30.0 Å². The van der Waals surface area contributed by atoms with Crippen LogP contribution in [0.3, 0.4) is 0 Å². The van der Waals surface area contributed by atoms with Crippen LogP contribution in [0.15, 0.2) is 85.1 Å². The van der Waals surface area contributed by atoms with Gasteiger partial charge in [-0.05, 0) is 22.6 Å². The number of benzene rings is 4. The molecule has 0 radical (unpaired) electrons. The molecule has 0 bridgehead atoms. The highest BCUT2D eigenvalue weighted by Gasteiger charge is 2.35. The molecule has 0 saturated heterocycles. The van der Waals surface area contributed by atoms with Crippen molar-refractivity contribution in [1.29, 1.82) is 0 Å². The fraction of sp³-hybridized carbons (Fsp3) is 0.152. The van der Waals surface area contributed by atoms with E-state index in [1.54, 1.807) is 7.11 Å². The van der Waals surface area contributed by atoms with Crippen molar-refractivity contribution in [2.45, 2.75) is 19.6 Å². The summed E-state index contributed by atoms with van der Waals surface area (Å²) >= 11 is 0. The third-order valence-corrected chi connectivity index (χ3v) is 7.69. The Hall–Kier alpha value is -4.68. The lowest BCUT2D eigenvalue weighted by molar-refractivity contribution is -0.686. The van der Waals surface area contributed by atoms with Gasteiger partial charge in [0.2, 0.25) is 12.5 Å². The summed E-state index contributed by atoms with van der Waals surface area (Å²) in [6.45, 7) is 0.753. The second kappa shape index (κ2) is 9.26. The molecule has 5 aromatic rings. The third kappa shape index (κ3) is 3.75. The number of ketones is 1. The molecule has 3 heterocycles. The van der Waals surface area contributed by atoms with Crippen LogP contribution in [0.2, 0.25) is 0 Å². The number of hydrogen-bond acceptors (Lipinski definition) is 5. The van der Waals surface area contributed by atoms with E-state index < -0.39 is 0 Å². The van der Waals surface area contributed by atoms with E-state index in [1.807, 2.05) is 60.7 Å².